The van der Waals surface area contributed by atoms with Gasteiger partial charge >= 0.3 is 0 Å². The van der Waals surface area contributed by atoms with Gasteiger partial charge in [-0.15, -0.1) is 0 Å². The molecule has 0 bridgehead atoms. The minimum Gasteiger partial charge on any atom is -0.455 e. The lowest BCUT2D eigenvalue weighted by molar-refractivity contribution is 0.219. The van der Waals surface area contributed by atoms with E-state index in [2.05, 4.69) is 11.8 Å². The largest absolute Gasteiger partial charge is 0.455 e. The molecule has 2 heteroatoms. The van der Waals surface area contributed by atoms with E-state index in [1.807, 2.05) is 48.5 Å². The van der Waals surface area contributed by atoms with Crippen molar-refractivity contribution in [3.63, 3.8) is 0 Å². The molecule has 17 heavy (non-hydrogen) atoms. The van der Waals surface area contributed by atoms with Crippen molar-refractivity contribution in [2.75, 3.05) is 0 Å². The molecule has 0 fully saturated rings. The quantitative estimate of drug-likeness (QED) is 0.635. The van der Waals surface area contributed by atoms with Gasteiger partial charge in [0.05, 0.1) is 5.56 Å². The second kappa shape index (κ2) is 2.83. The van der Waals surface area contributed by atoms with Crippen LogP contribution in [0.2, 0.25) is 0 Å². The molecule has 1 spiro atoms. The third kappa shape index (κ3) is 1.17. The van der Waals surface area contributed by atoms with Crippen LogP contribution in [0.4, 0.5) is 0 Å². The standard InChI is InChI=1S/C15H8O2/c1-2-6-12-11(5-1)15(9-10-15)17-14-8-4-3-7-13(14)16-12/h1-8H. The molecule has 0 N–H and O–H groups in total. The number of para-hydroxylation sites is 3. The van der Waals surface area contributed by atoms with Gasteiger partial charge in [0.1, 0.15) is 5.75 Å². The number of hydrogen-bond donors (Lipinski definition) is 0. The molecule has 0 saturated heterocycles. The number of fused-ring (bicyclic) bond motifs is 3. The SMILES string of the molecule is C1#CC12Oc1ccccc1Oc1ccccc12. The predicted octanol–water partition coefficient (Wildman–Crippen LogP) is 3.08. The van der Waals surface area contributed by atoms with Crippen molar-refractivity contribution in [1.29, 1.82) is 0 Å². The van der Waals surface area contributed by atoms with Crippen molar-refractivity contribution in [2.45, 2.75) is 5.60 Å². The zero-order chi connectivity index (χ0) is 11.3. The second-order valence-electron chi connectivity index (χ2n) is 4.08. The Morgan fingerprint density at radius 2 is 1.41 bits per heavy atom. The Balaban J connectivity index is 1.94. The van der Waals surface area contributed by atoms with E-state index < -0.39 is 5.60 Å². The van der Waals surface area contributed by atoms with E-state index in [9.17, 15) is 0 Å². The van der Waals surface area contributed by atoms with Gasteiger partial charge in [-0.25, -0.2) is 0 Å². The van der Waals surface area contributed by atoms with Crippen LogP contribution >= 0.6 is 0 Å². The first kappa shape index (κ1) is 8.72. The first-order chi connectivity index (χ1) is 8.37. The molecule has 0 amide bonds. The predicted molar refractivity (Wildman–Crippen MR) is 63.0 cm³/mol. The van der Waals surface area contributed by atoms with E-state index >= 15 is 0 Å². The summed E-state index contributed by atoms with van der Waals surface area (Å²) < 4.78 is 11.8. The summed E-state index contributed by atoms with van der Waals surface area (Å²) in [6.45, 7) is 0. The molecule has 0 atom stereocenters. The monoisotopic (exact) mass is 220 g/mol. The topological polar surface area (TPSA) is 18.5 Å². The van der Waals surface area contributed by atoms with Crippen molar-refractivity contribution in [3.8, 4) is 29.1 Å². The Hall–Kier alpha value is -2.40. The lowest BCUT2D eigenvalue weighted by atomic mass is 10.0. The zero-order valence-electron chi connectivity index (χ0n) is 8.94. The van der Waals surface area contributed by atoms with E-state index in [0.717, 1.165) is 22.8 Å². The zero-order valence-corrected chi connectivity index (χ0v) is 8.94. The number of rotatable bonds is 0. The molecule has 2 aromatic carbocycles. The molecule has 80 valence electrons. The molecule has 1 aliphatic heterocycles. The van der Waals surface area contributed by atoms with Crippen LogP contribution in [0.15, 0.2) is 48.5 Å². The molecule has 0 radical (unpaired) electrons. The van der Waals surface area contributed by atoms with Crippen LogP contribution in [0, 0.1) is 11.8 Å². The summed E-state index contributed by atoms with van der Waals surface area (Å²) in [6, 6.07) is 15.5. The molecule has 2 aromatic rings. The Kier molecular flexibility index (Phi) is 1.45. The van der Waals surface area contributed by atoms with Gasteiger partial charge in [-0.1, -0.05) is 24.3 Å². The van der Waals surface area contributed by atoms with E-state index in [-0.39, 0.29) is 0 Å². The maximum atomic E-state index is 5.93. The summed E-state index contributed by atoms with van der Waals surface area (Å²) in [4.78, 5) is 0. The summed E-state index contributed by atoms with van der Waals surface area (Å²) >= 11 is 0. The normalized spacial score (nSPS) is 16.5. The third-order valence-corrected chi connectivity index (χ3v) is 2.95. The van der Waals surface area contributed by atoms with E-state index in [0.29, 0.717) is 0 Å². The Morgan fingerprint density at radius 3 is 2.18 bits per heavy atom. The maximum Gasteiger partial charge on any atom is 0.261 e. The van der Waals surface area contributed by atoms with Gasteiger partial charge in [-0.05, 0) is 36.1 Å². The Bertz CT molecular complexity index is 669. The van der Waals surface area contributed by atoms with Gasteiger partial charge in [0.25, 0.3) is 5.60 Å². The molecule has 1 heterocycles. The van der Waals surface area contributed by atoms with E-state index in [4.69, 9.17) is 9.47 Å². The van der Waals surface area contributed by atoms with Crippen LogP contribution in [0.3, 0.4) is 0 Å². The number of ether oxygens (including phenoxy) is 2. The van der Waals surface area contributed by atoms with Crippen LogP contribution < -0.4 is 9.47 Å². The summed E-state index contributed by atoms with van der Waals surface area (Å²) in [5.41, 5.74) is 0.319. The molecule has 1 aliphatic carbocycles. The summed E-state index contributed by atoms with van der Waals surface area (Å²) in [7, 11) is 0. The third-order valence-electron chi connectivity index (χ3n) is 2.95. The molecule has 2 nitrogen and oxygen atoms in total. The fraction of sp³-hybridized carbons (Fsp3) is 0.0667. The van der Waals surface area contributed by atoms with Crippen LogP contribution in [-0.4, -0.2) is 0 Å². The molecular formula is C15H8O2. The summed E-state index contributed by atoms with van der Waals surface area (Å²) in [6.07, 6.45) is 0. The van der Waals surface area contributed by atoms with Crippen LogP contribution in [0.25, 0.3) is 0 Å². The second-order valence-corrected chi connectivity index (χ2v) is 4.08. The molecule has 0 aromatic heterocycles. The minimum absolute atomic E-state index is 0.636. The number of benzene rings is 2. The molecule has 0 saturated carbocycles. The van der Waals surface area contributed by atoms with Crippen molar-refractivity contribution in [3.05, 3.63) is 54.1 Å². The average molecular weight is 220 g/mol. The van der Waals surface area contributed by atoms with Gasteiger partial charge in [-0.2, -0.15) is 0 Å². The highest BCUT2D eigenvalue weighted by molar-refractivity contribution is 5.62. The Labute approximate surface area is 98.8 Å². The highest BCUT2D eigenvalue weighted by Gasteiger charge is 2.44. The van der Waals surface area contributed by atoms with Crippen LogP contribution in [0.5, 0.6) is 17.2 Å². The number of hydrogen-bond acceptors (Lipinski definition) is 2. The Morgan fingerprint density at radius 1 is 0.765 bits per heavy atom. The lowest BCUT2D eigenvalue weighted by Gasteiger charge is -2.14. The van der Waals surface area contributed by atoms with Crippen LogP contribution in [-0.2, 0) is 5.60 Å². The highest BCUT2D eigenvalue weighted by atomic mass is 16.5. The van der Waals surface area contributed by atoms with Gasteiger partial charge in [-0.3, -0.25) is 0 Å². The van der Waals surface area contributed by atoms with E-state index in [1.165, 1.54) is 0 Å². The average Bonchev–Trinajstić information content (AvgIpc) is 3.15. The maximum absolute atomic E-state index is 5.93. The van der Waals surface area contributed by atoms with Crippen molar-refractivity contribution in [1.82, 2.24) is 0 Å². The van der Waals surface area contributed by atoms with Crippen LogP contribution in [0.1, 0.15) is 5.56 Å². The van der Waals surface area contributed by atoms with Gasteiger partial charge in [0, 0.05) is 0 Å². The smallest absolute Gasteiger partial charge is 0.261 e. The first-order valence-electron chi connectivity index (χ1n) is 5.47. The summed E-state index contributed by atoms with van der Waals surface area (Å²) in [5.74, 6) is 8.32. The molecule has 4 rings (SSSR count). The van der Waals surface area contributed by atoms with Gasteiger partial charge < -0.3 is 9.47 Å². The molecule has 2 aliphatic rings. The van der Waals surface area contributed by atoms with Crippen molar-refractivity contribution >= 4 is 0 Å². The summed E-state index contributed by atoms with van der Waals surface area (Å²) in [5, 5.41) is 0. The van der Waals surface area contributed by atoms with E-state index in [1.54, 1.807) is 0 Å². The molecule has 0 unspecified atom stereocenters. The fourth-order valence-corrected chi connectivity index (χ4v) is 2.05. The fourth-order valence-electron chi connectivity index (χ4n) is 2.05. The molecular weight excluding hydrogens is 212 g/mol. The first-order valence-corrected chi connectivity index (χ1v) is 5.47. The lowest BCUT2D eigenvalue weighted by Crippen LogP contribution is -2.19. The minimum atomic E-state index is -0.636. The van der Waals surface area contributed by atoms with Gasteiger partial charge in [0.2, 0.25) is 0 Å². The van der Waals surface area contributed by atoms with Crippen molar-refractivity contribution < 1.29 is 9.47 Å². The van der Waals surface area contributed by atoms with Crippen molar-refractivity contribution in [2.24, 2.45) is 0 Å². The highest BCUT2D eigenvalue weighted by Crippen LogP contribution is 2.46. The van der Waals surface area contributed by atoms with Gasteiger partial charge in [0.15, 0.2) is 11.5 Å².